The second-order valence-corrected chi connectivity index (χ2v) is 5.73. The molecule has 0 rings (SSSR count). The first kappa shape index (κ1) is 18.9. The van der Waals surface area contributed by atoms with E-state index >= 15 is 0 Å². The van der Waals surface area contributed by atoms with Crippen molar-refractivity contribution in [1.29, 1.82) is 0 Å². The summed E-state index contributed by atoms with van der Waals surface area (Å²) in [7, 11) is 5.36. The number of nitrogens with one attached hydrogen (secondary N) is 1. The second kappa shape index (κ2) is 9.72. The highest BCUT2D eigenvalue weighted by molar-refractivity contribution is 5.83. The fraction of sp³-hybridized carbons (Fsp3) is 0.857. The number of hydrogen-bond donors (Lipinski definition) is 1. The second-order valence-electron chi connectivity index (χ2n) is 5.73. The summed E-state index contributed by atoms with van der Waals surface area (Å²) in [4.78, 5) is 27.2. The highest BCUT2D eigenvalue weighted by Gasteiger charge is 2.23. The van der Waals surface area contributed by atoms with Crippen molar-refractivity contribution in [2.75, 3.05) is 47.4 Å². The van der Waals surface area contributed by atoms with Crippen molar-refractivity contribution >= 4 is 11.9 Å². The molecular formula is C14H29N3O3. The van der Waals surface area contributed by atoms with E-state index < -0.39 is 12.0 Å². The van der Waals surface area contributed by atoms with Crippen molar-refractivity contribution in [3.63, 3.8) is 0 Å². The Kier molecular flexibility index (Phi) is 9.16. The van der Waals surface area contributed by atoms with E-state index in [0.29, 0.717) is 12.5 Å². The molecule has 6 heteroatoms. The number of carbonyl (C=O) groups is 2. The standard InChI is InChI=1S/C14H29N3O3/c1-11(2)9-17(8-7-16(4)5)10-13(14(19)20-6)15-12(3)18/h11,13H,7-10H2,1-6H3,(H,15,18). The molecule has 0 aliphatic carbocycles. The maximum Gasteiger partial charge on any atom is 0.329 e. The number of amides is 1. The lowest BCUT2D eigenvalue weighted by Crippen LogP contribution is -2.50. The van der Waals surface area contributed by atoms with Crippen molar-refractivity contribution in [3.8, 4) is 0 Å². The van der Waals surface area contributed by atoms with Crippen LogP contribution >= 0.6 is 0 Å². The summed E-state index contributed by atoms with van der Waals surface area (Å²) in [6.45, 7) is 8.77. The SMILES string of the molecule is COC(=O)C(CN(CCN(C)C)CC(C)C)NC(C)=O. The van der Waals surface area contributed by atoms with Gasteiger partial charge in [-0.15, -0.1) is 0 Å². The third-order valence-corrected chi connectivity index (χ3v) is 2.79. The first-order valence-electron chi connectivity index (χ1n) is 6.98. The smallest absolute Gasteiger partial charge is 0.329 e. The third kappa shape index (κ3) is 8.87. The molecule has 0 radical (unpaired) electrons. The molecule has 1 N–H and O–H groups in total. The minimum absolute atomic E-state index is 0.225. The zero-order valence-electron chi connectivity index (χ0n) is 13.6. The number of ether oxygens (including phenoxy) is 1. The molecule has 0 saturated heterocycles. The van der Waals surface area contributed by atoms with Crippen LogP contribution in [-0.4, -0.2) is 75.1 Å². The van der Waals surface area contributed by atoms with Gasteiger partial charge in [-0.25, -0.2) is 4.79 Å². The van der Waals surface area contributed by atoms with Crippen LogP contribution < -0.4 is 5.32 Å². The monoisotopic (exact) mass is 287 g/mol. The average molecular weight is 287 g/mol. The fourth-order valence-corrected chi connectivity index (χ4v) is 1.94. The maximum atomic E-state index is 11.7. The quantitative estimate of drug-likeness (QED) is 0.613. The molecule has 1 atom stereocenters. The van der Waals surface area contributed by atoms with E-state index in [2.05, 4.69) is 29.0 Å². The molecule has 0 aliphatic heterocycles. The molecule has 1 amide bonds. The van der Waals surface area contributed by atoms with Gasteiger partial charge in [0.15, 0.2) is 0 Å². The van der Waals surface area contributed by atoms with Crippen molar-refractivity contribution in [3.05, 3.63) is 0 Å². The highest BCUT2D eigenvalue weighted by Crippen LogP contribution is 2.02. The molecule has 0 bridgehead atoms. The summed E-state index contributed by atoms with van der Waals surface area (Å²) in [6, 6.07) is -0.613. The Morgan fingerprint density at radius 1 is 1.15 bits per heavy atom. The molecule has 0 saturated carbocycles. The lowest BCUT2D eigenvalue weighted by atomic mass is 10.2. The molecule has 0 aromatic rings. The van der Waals surface area contributed by atoms with Crippen LogP contribution in [-0.2, 0) is 14.3 Å². The summed E-state index contributed by atoms with van der Waals surface area (Å²) >= 11 is 0. The summed E-state index contributed by atoms with van der Waals surface area (Å²) in [5.41, 5.74) is 0. The zero-order chi connectivity index (χ0) is 15.7. The van der Waals surface area contributed by atoms with Gasteiger partial charge in [0.1, 0.15) is 6.04 Å². The van der Waals surface area contributed by atoms with E-state index in [9.17, 15) is 9.59 Å². The van der Waals surface area contributed by atoms with E-state index in [1.165, 1.54) is 14.0 Å². The van der Waals surface area contributed by atoms with Crippen molar-refractivity contribution < 1.29 is 14.3 Å². The molecule has 118 valence electrons. The Morgan fingerprint density at radius 2 is 1.75 bits per heavy atom. The Morgan fingerprint density at radius 3 is 2.15 bits per heavy atom. The molecular weight excluding hydrogens is 258 g/mol. The van der Waals surface area contributed by atoms with E-state index in [-0.39, 0.29) is 5.91 Å². The number of hydrogen-bond acceptors (Lipinski definition) is 5. The molecule has 6 nitrogen and oxygen atoms in total. The van der Waals surface area contributed by atoms with Gasteiger partial charge in [0.05, 0.1) is 7.11 Å². The summed E-state index contributed by atoms with van der Waals surface area (Å²) in [6.07, 6.45) is 0. The van der Waals surface area contributed by atoms with E-state index in [4.69, 9.17) is 4.74 Å². The van der Waals surface area contributed by atoms with Gasteiger partial charge in [0, 0.05) is 33.1 Å². The number of esters is 1. The van der Waals surface area contributed by atoms with Crippen LogP contribution in [0.15, 0.2) is 0 Å². The molecule has 0 heterocycles. The molecule has 20 heavy (non-hydrogen) atoms. The Hall–Kier alpha value is -1.14. The van der Waals surface area contributed by atoms with Crippen molar-refractivity contribution in [2.24, 2.45) is 5.92 Å². The number of nitrogens with zero attached hydrogens (tertiary/aromatic N) is 2. The Labute approximate surface area is 122 Å². The molecule has 0 aliphatic rings. The van der Waals surface area contributed by atoms with Crippen LogP contribution in [0.4, 0.5) is 0 Å². The van der Waals surface area contributed by atoms with Crippen molar-refractivity contribution in [2.45, 2.75) is 26.8 Å². The maximum absolute atomic E-state index is 11.7. The van der Waals surface area contributed by atoms with Crippen molar-refractivity contribution in [1.82, 2.24) is 15.1 Å². The van der Waals surface area contributed by atoms with Crippen LogP contribution in [0.5, 0.6) is 0 Å². The fourth-order valence-electron chi connectivity index (χ4n) is 1.94. The predicted molar refractivity (Wildman–Crippen MR) is 79.5 cm³/mol. The van der Waals surface area contributed by atoms with E-state index in [1.807, 2.05) is 14.1 Å². The van der Waals surface area contributed by atoms with Crippen LogP contribution in [0.25, 0.3) is 0 Å². The van der Waals surface area contributed by atoms with Crippen LogP contribution in [0.1, 0.15) is 20.8 Å². The highest BCUT2D eigenvalue weighted by atomic mass is 16.5. The lowest BCUT2D eigenvalue weighted by Gasteiger charge is -2.29. The topological polar surface area (TPSA) is 61.9 Å². The van der Waals surface area contributed by atoms with Gasteiger partial charge in [0.2, 0.25) is 5.91 Å². The number of likely N-dealkylation sites (N-methyl/N-ethyl adjacent to an activating group) is 1. The van der Waals surface area contributed by atoms with Gasteiger partial charge in [-0.1, -0.05) is 13.8 Å². The largest absolute Gasteiger partial charge is 0.467 e. The van der Waals surface area contributed by atoms with Gasteiger partial charge in [-0.3, -0.25) is 9.69 Å². The average Bonchev–Trinajstić information content (AvgIpc) is 2.32. The number of carbonyl (C=O) groups excluding carboxylic acids is 2. The van der Waals surface area contributed by atoms with Crippen LogP contribution in [0, 0.1) is 5.92 Å². The summed E-state index contributed by atoms with van der Waals surface area (Å²) < 4.78 is 4.75. The van der Waals surface area contributed by atoms with Gasteiger partial charge < -0.3 is 15.0 Å². The van der Waals surface area contributed by atoms with Gasteiger partial charge in [-0.05, 0) is 20.0 Å². The zero-order valence-corrected chi connectivity index (χ0v) is 13.6. The van der Waals surface area contributed by atoms with Crippen LogP contribution in [0.2, 0.25) is 0 Å². The minimum atomic E-state index is -0.613. The molecule has 0 spiro atoms. The predicted octanol–water partition coefficient (Wildman–Crippen LogP) is 0.184. The minimum Gasteiger partial charge on any atom is -0.467 e. The first-order chi connectivity index (χ1) is 9.26. The summed E-state index contributed by atoms with van der Waals surface area (Å²) in [5.74, 6) is -0.135. The molecule has 0 aromatic carbocycles. The number of methoxy groups -OCH3 is 1. The van der Waals surface area contributed by atoms with Crippen LogP contribution in [0.3, 0.4) is 0 Å². The number of rotatable bonds is 9. The molecule has 0 aromatic heterocycles. The van der Waals surface area contributed by atoms with E-state index in [0.717, 1.165) is 19.6 Å². The Bertz CT molecular complexity index is 306. The molecule has 0 fully saturated rings. The Balaban J connectivity index is 4.67. The van der Waals surface area contributed by atoms with Gasteiger partial charge >= 0.3 is 5.97 Å². The third-order valence-electron chi connectivity index (χ3n) is 2.79. The summed E-state index contributed by atoms with van der Waals surface area (Å²) in [5, 5.41) is 2.65. The normalized spacial score (nSPS) is 12.8. The van der Waals surface area contributed by atoms with E-state index in [1.54, 1.807) is 0 Å². The molecule has 1 unspecified atom stereocenters. The lowest BCUT2D eigenvalue weighted by molar-refractivity contribution is -0.145. The first-order valence-corrected chi connectivity index (χ1v) is 6.98. The van der Waals surface area contributed by atoms with Gasteiger partial charge in [-0.2, -0.15) is 0 Å². The van der Waals surface area contributed by atoms with Gasteiger partial charge in [0.25, 0.3) is 0 Å².